The van der Waals surface area contributed by atoms with Gasteiger partial charge in [-0.3, -0.25) is 9.59 Å². The molecule has 1 fully saturated rings. The quantitative estimate of drug-likeness (QED) is 0.591. The van der Waals surface area contributed by atoms with E-state index >= 15 is 0 Å². The lowest BCUT2D eigenvalue weighted by atomic mass is 9.57. The second-order valence-electron chi connectivity index (χ2n) is 6.55. The van der Waals surface area contributed by atoms with Gasteiger partial charge in [0.15, 0.2) is 0 Å². The summed E-state index contributed by atoms with van der Waals surface area (Å²) in [6.45, 7) is 1.90. The molecule has 1 aromatic rings. The minimum Gasteiger partial charge on any atom is -0.497 e. The molecule has 4 heteroatoms. The summed E-state index contributed by atoms with van der Waals surface area (Å²) in [5.74, 6) is -0.119. The van der Waals surface area contributed by atoms with Crippen LogP contribution < -0.4 is 4.74 Å². The fourth-order valence-electron chi connectivity index (χ4n) is 4.33. The zero-order chi connectivity index (χ0) is 15.5. The van der Waals surface area contributed by atoms with Crippen molar-refractivity contribution >= 4 is 17.5 Å². The molecule has 22 heavy (non-hydrogen) atoms. The lowest BCUT2D eigenvalue weighted by Gasteiger charge is -2.42. The Balaban J connectivity index is 1.82. The van der Waals surface area contributed by atoms with Crippen molar-refractivity contribution in [2.45, 2.75) is 26.2 Å². The highest BCUT2D eigenvalue weighted by Crippen LogP contribution is 2.56. The molecule has 0 amide bonds. The number of rotatable bonds is 1. The molecule has 4 rings (SSSR count). The van der Waals surface area contributed by atoms with Gasteiger partial charge >= 0.3 is 11.9 Å². The first-order valence-corrected chi connectivity index (χ1v) is 7.69. The number of carbonyl (C=O) groups is 2. The fraction of sp³-hybridized carbons (Fsp3) is 0.444. The molecule has 3 aliphatic rings. The number of cyclic esters (lactones) is 2. The third-order valence-corrected chi connectivity index (χ3v) is 5.64. The summed E-state index contributed by atoms with van der Waals surface area (Å²) in [4.78, 5) is 24.3. The molecule has 1 aromatic carbocycles. The van der Waals surface area contributed by atoms with Crippen LogP contribution in [-0.4, -0.2) is 19.0 Å². The predicted octanol–water partition coefficient (Wildman–Crippen LogP) is 2.75. The molecule has 1 aliphatic heterocycles. The molecule has 0 spiro atoms. The molecule has 1 heterocycles. The van der Waals surface area contributed by atoms with Crippen molar-refractivity contribution in [1.82, 2.24) is 0 Å². The van der Waals surface area contributed by atoms with Gasteiger partial charge < -0.3 is 9.47 Å². The van der Waals surface area contributed by atoms with Crippen molar-refractivity contribution in [3.05, 3.63) is 35.4 Å². The average molecular weight is 298 g/mol. The van der Waals surface area contributed by atoms with Crippen molar-refractivity contribution in [2.24, 2.45) is 17.3 Å². The van der Waals surface area contributed by atoms with Gasteiger partial charge in [0, 0.05) is 5.92 Å². The van der Waals surface area contributed by atoms with Crippen LogP contribution in [0.4, 0.5) is 0 Å². The van der Waals surface area contributed by atoms with E-state index in [1.54, 1.807) is 7.11 Å². The number of methoxy groups -OCH3 is 1. The Morgan fingerprint density at radius 3 is 2.86 bits per heavy atom. The smallest absolute Gasteiger partial charge is 0.320 e. The normalized spacial score (nSPS) is 32.5. The van der Waals surface area contributed by atoms with E-state index in [1.165, 1.54) is 16.7 Å². The van der Waals surface area contributed by atoms with Gasteiger partial charge in [0.2, 0.25) is 0 Å². The van der Waals surface area contributed by atoms with E-state index in [0.29, 0.717) is 6.42 Å². The molecule has 0 aromatic heterocycles. The van der Waals surface area contributed by atoms with E-state index in [0.717, 1.165) is 18.6 Å². The standard InChI is InChI=1S/C18H18O4/c1-18-14-7-3-10-9-11(21-2)4-5-12(10)13(14)6-8-15(18)16(19)22-17(18)20/h4-6,9,14-15H,3,7-8H2,1-2H3/t14-,15-,18+/m1/s1. The molecule has 1 saturated heterocycles. The van der Waals surface area contributed by atoms with Crippen LogP contribution in [0.15, 0.2) is 24.3 Å². The maximum absolute atomic E-state index is 12.3. The monoisotopic (exact) mass is 298 g/mol. The molecule has 0 radical (unpaired) electrons. The van der Waals surface area contributed by atoms with Crippen LogP contribution in [0.3, 0.4) is 0 Å². The van der Waals surface area contributed by atoms with Crippen LogP contribution >= 0.6 is 0 Å². The topological polar surface area (TPSA) is 52.6 Å². The highest BCUT2D eigenvalue weighted by Gasteiger charge is 2.60. The molecule has 4 nitrogen and oxygen atoms in total. The predicted molar refractivity (Wildman–Crippen MR) is 80.1 cm³/mol. The summed E-state index contributed by atoms with van der Waals surface area (Å²) in [6, 6.07) is 6.09. The second kappa shape index (κ2) is 4.45. The highest BCUT2D eigenvalue weighted by atomic mass is 16.6. The SMILES string of the molecule is COc1ccc2c(c1)CC[C@@H]1C2=CC[C@@H]2C(=O)OC(=O)[C@]21C. The molecule has 3 atom stereocenters. The van der Waals surface area contributed by atoms with Crippen molar-refractivity contribution in [2.75, 3.05) is 7.11 Å². The van der Waals surface area contributed by atoms with Crippen molar-refractivity contribution in [1.29, 1.82) is 0 Å². The number of allylic oxidation sites excluding steroid dienone is 2. The highest BCUT2D eigenvalue weighted by molar-refractivity contribution is 6.01. The number of ether oxygens (including phenoxy) is 2. The van der Waals surface area contributed by atoms with E-state index < -0.39 is 5.41 Å². The van der Waals surface area contributed by atoms with Crippen LogP contribution in [0.2, 0.25) is 0 Å². The number of aryl methyl sites for hydroxylation is 1. The Morgan fingerprint density at radius 2 is 2.09 bits per heavy atom. The van der Waals surface area contributed by atoms with Gasteiger partial charge in [-0.25, -0.2) is 0 Å². The number of carbonyl (C=O) groups excluding carboxylic acids is 2. The molecule has 0 N–H and O–H groups in total. The van der Waals surface area contributed by atoms with Gasteiger partial charge in [-0.05, 0) is 55.0 Å². The Labute approximate surface area is 129 Å². The summed E-state index contributed by atoms with van der Waals surface area (Å²) in [7, 11) is 1.67. The molecule has 0 saturated carbocycles. The first-order chi connectivity index (χ1) is 10.6. The van der Waals surface area contributed by atoms with E-state index in [9.17, 15) is 9.59 Å². The van der Waals surface area contributed by atoms with Crippen LogP contribution in [0.25, 0.3) is 5.57 Å². The maximum Gasteiger partial charge on any atom is 0.320 e. The summed E-state index contributed by atoms with van der Waals surface area (Å²) in [6.07, 6.45) is 4.46. The van der Waals surface area contributed by atoms with E-state index in [-0.39, 0.29) is 23.8 Å². The van der Waals surface area contributed by atoms with Gasteiger partial charge in [0.25, 0.3) is 0 Å². The van der Waals surface area contributed by atoms with Crippen molar-refractivity contribution in [3.63, 3.8) is 0 Å². The van der Waals surface area contributed by atoms with Gasteiger partial charge in [0.1, 0.15) is 5.75 Å². The molecule has 2 aliphatic carbocycles. The molecule has 114 valence electrons. The van der Waals surface area contributed by atoms with E-state index in [1.807, 2.05) is 13.0 Å². The lowest BCUT2D eigenvalue weighted by Crippen LogP contribution is -2.42. The summed E-state index contributed by atoms with van der Waals surface area (Å²) in [5, 5.41) is 0. The Kier molecular flexibility index (Phi) is 2.74. The van der Waals surface area contributed by atoms with E-state index in [2.05, 4.69) is 18.2 Å². The first kappa shape index (κ1) is 13.6. The average Bonchev–Trinajstić information content (AvgIpc) is 2.76. The Hall–Kier alpha value is -2.10. The molecule has 0 unspecified atom stereocenters. The lowest BCUT2D eigenvalue weighted by molar-refractivity contribution is -0.155. The molecular weight excluding hydrogens is 280 g/mol. The summed E-state index contributed by atoms with van der Waals surface area (Å²) >= 11 is 0. The van der Waals surface area contributed by atoms with Gasteiger partial charge in [0.05, 0.1) is 18.4 Å². The minimum absolute atomic E-state index is 0.0612. The van der Waals surface area contributed by atoms with Crippen molar-refractivity contribution < 1.29 is 19.1 Å². The summed E-state index contributed by atoms with van der Waals surface area (Å²) in [5.41, 5.74) is 2.92. The van der Waals surface area contributed by atoms with Crippen molar-refractivity contribution in [3.8, 4) is 5.75 Å². The molecular formula is C18H18O4. The zero-order valence-electron chi connectivity index (χ0n) is 12.7. The fourth-order valence-corrected chi connectivity index (χ4v) is 4.33. The zero-order valence-corrected chi connectivity index (χ0v) is 12.7. The third-order valence-electron chi connectivity index (χ3n) is 5.64. The number of esters is 2. The van der Waals surface area contributed by atoms with E-state index in [4.69, 9.17) is 9.47 Å². The Morgan fingerprint density at radius 1 is 1.27 bits per heavy atom. The largest absolute Gasteiger partial charge is 0.497 e. The Bertz CT molecular complexity index is 718. The maximum atomic E-state index is 12.3. The van der Waals surface area contributed by atoms with Gasteiger partial charge in [-0.2, -0.15) is 0 Å². The molecule has 0 bridgehead atoms. The number of fused-ring (bicyclic) bond motifs is 5. The number of hydrogen-bond acceptors (Lipinski definition) is 4. The summed E-state index contributed by atoms with van der Waals surface area (Å²) < 4.78 is 10.3. The van der Waals surface area contributed by atoms with Crippen LogP contribution in [0, 0.1) is 17.3 Å². The first-order valence-electron chi connectivity index (χ1n) is 7.69. The number of hydrogen-bond donors (Lipinski definition) is 0. The van der Waals surface area contributed by atoms with Crippen LogP contribution in [0.1, 0.15) is 30.9 Å². The third kappa shape index (κ3) is 1.58. The van der Waals surface area contributed by atoms with Crippen LogP contribution in [-0.2, 0) is 20.7 Å². The van der Waals surface area contributed by atoms with Crippen LogP contribution in [0.5, 0.6) is 5.75 Å². The minimum atomic E-state index is -0.710. The van der Waals surface area contributed by atoms with Gasteiger partial charge in [-0.15, -0.1) is 0 Å². The van der Waals surface area contributed by atoms with Gasteiger partial charge in [-0.1, -0.05) is 12.1 Å². The number of benzene rings is 1. The second-order valence-corrected chi connectivity index (χ2v) is 6.55.